The lowest BCUT2D eigenvalue weighted by Crippen LogP contribution is -2.15. The van der Waals surface area contributed by atoms with Gasteiger partial charge in [0.05, 0.1) is 5.75 Å². The quantitative estimate of drug-likeness (QED) is 0.685. The SMILES string of the molecule is NC(=O)CCn1c(SCC(=O)O)nnc1C1CC1. The van der Waals surface area contributed by atoms with Gasteiger partial charge in [-0.3, -0.25) is 9.59 Å². The third-order valence-electron chi connectivity index (χ3n) is 2.59. The molecule has 0 radical (unpaired) electrons. The molecule has 0 bridgehead atoms. The molecule has 1 aliphatic rings. The maximum Gasteiger partial charge on any atom is 0.313 e. The van der Waals surface area contributed by atoms with E-state index in [0.29, 0.717) is 17.6 Å². The maximum absolute atomic E-state index is 10.8. The van der Waals surface area contributed by atoms with Gasteiger partial charge in [0.2, 0.25) is 5.91 Å². The number of aliphatic carboxylic acids is 1. The number of nitrogens with zero attached hydrogens (tertiary/aromatic N) is 3. The Morgan fingerprint density at radius 3 is 2.72 bits per heavy atom. The zero-order chi connectivity index (χ0) is 13.1. The van der Waals surface area contributed by atoms with Crippen LogP contribution in [-0.4, -0.2) is 37.5 Å². The molecule has 2 rings (SSSR count). The zero-order valence-electron chi connectivity index (χ0n) is 9.70. The van der Waals surface area contributed by atoms with E-state index >= 15 is 0 Å². The minimum absolute atomic E-state index is 0.0701. The number of amides is 1. The van der Waals surface area contributed by atoms with Crippen molar-refractivity contribution in [2.45, 2.75) is 36.9 Å². The molecule has 7 nitrogen and oxygen atoms in total. The number of thioether (sulfide) groups is 1. The van der Waals surface area contributed by atoms with Gasteiger partial charge in [-0.25, -0.2) is 0 Å². The second-order valence-electron chi connectivity index (χ2n) is 4.17. The van der Waals surface area contributed by atoms with Crippen molar-refractivity contribution in [3.05, 3.63) is 5.82 Å². The number of carbonyl (C=O) groups is 2. The first-order valence-electron chi connectivity index (χ1n) is 5.64. The van der Waals surface area contributed by atoms with Crippen LogP contribution in [0.4, 0.5) is 0 Å². The number of aromatic nitrogens is 3. The van der Waals surface area contributed by atoms with Gasteiger partial charge in [0.15, 0.2) is 5.16 Å². The highest BCUT2D eigenvalue weighted by Crippen LogP contribution is 2.40. The predicted molar refractivity (Wildman–Crippen MR) is 64.2 cm³/mol. The first kappa shape index (κ1) is 12.9. The van der Waals surface area contributed by atoms with Gasteiger partial charge in [-0.2, -0.15) is 0 Å². The molecule has 98 valence electrons. The third-order valence-corrected chi connectivity index (χ3v) is 3.55. The summed E-state index contributed by atoms with van der Waals surface area (Å²) in [6.45, 7) is 0.413. The number of primary amides is 1. The maximum atomic E-state index is 10.8. The smallest absolute Gasteiger partial charge is 0.313 e. The summed E-state index contributed by atoms with van der Waals surface area (Å²) in [5.74, 6) is -0.134. The third kappa shape index (κ3) is 3.22. The molecule has 1 aromatic rings. The fourth-order valence-electron chi connectivity index (χ4n) is 1.61. The molecule has 0 spiro atoms. The lowest BCUT2D eigenvalue weighted by atomic mass is 10.3. The van der Waals surface area contributed by atoms with E-state index in [4.69, 9.17) is 10.8 Å². The second kappa shape index (κ2) is 5.38. The average Bonchev–Trinajstić information content (AvgIpc) is 3.05. The van der Waals surface area contributed by atoms with Gasteiger partial charge in [-0.1, -0.05) is 11.8 Å². The fraction of sp³-hybridized carbons (Fsp3) is 0.600. The van der Waals surface area contributed by atoms with E-state index in [9.17, 15) is 9.59 Å². The lowest BCUT2D eigenvalue weighted by Gasteiger charge is -2.07. The zero-order valence-corrected chi connectivity index (χ0v) is 10.5. The molecule has 1 saturated carbocycles. The van der Waals surface area contributed by atoms with Gasteiger partial charge < -0.3 is 15.4 Å². The molecular formula is C10H14N4O3S. The van der Waals surface area contributed by atoms with Gasteiger partial charge in [-0.15, -0.1) is 10.2 Å². The predicted octanol–water partition coefficient (Wildman–Crippen LogP) is 0.208. The Labute approximate surface area is 108 Å². The van der Waals surface area contributed by atoms with Crippen LogP contribution in [0.3, 0.4) is 0 Å². The number of carboxylic acid groups (broad SMARTS) is 1. The van der Waals surface area contributed by atoms with Gasteiger partial charge in [0, 0.05) is 18.9 Å². The van der Waals surface area contributed by atoms with Crippen molar-refractivity contribution in [3.63, 3.8) is 0 Å². The van der Waals surface area contributed by atoms with Crippen LogP contribution in [0.15, 0.2) is 5.16 Å². The molecule has 1 fully saturated rings. The summed E-state index contributed by atoms with van der Waals surface area (Å²) in [4.78, 5) is 21.4. The van der Waals surface area contributed by atoms with E-state index < -0.39 is 5.97 Å². The number of hydrogen-bond donors (Lipinski definition) is 2. The standard InChI is InChI=1S/C10H14N4O3S/c11-7(15)3-4-14-9(6-1-2-6)12-13-10(14)18-5-8(16)17/h6H,1-5H2,(H2,11,15)(H,16,17). The van der Waals surface area contributed by atoms with E-state index in [-0.39, 0.29) is 18.1 Å². The second-order valence-corrected chi connectivity index (χ2v) is 5.11. The molecule has 0 saturated heterocycles. The molecule has 0 atom stereocenters. The first-order chi connectivity index (χ1) is 8.58. The summed E-state index contributed by atoms with van der Waals surface area (Å²) in [7, 11) is 0. The van der Waals surface area contributed by atoms with Crippen molar-refractivity contribution in [2.75, 3.05) is 5.75 Å². The van der Waals surface area contributed by atoms with Crippen LogP contribution in [0.25, 0.3) is 0 Å². The Morgan fingerprint density at radius 2 is 2.17 bits per heavy atom. The van der Waals surface area contributed by atoms with Crippen LogP contribution in [0.5, 0.6) is 0 Å². The van der Waals surface area contributed by atoms with E-state index in [1.54, 1.807) is 0 Å². The molecule has 3 N–H and O–H groups in total. The van der Waals surface area contributed by atoms with Crippen molar-refractivity contribution in [1.82, 2.24) is 14.8 Å². The molecule has 8 heteroatoms. The Kier molecular flexibility index (Phi) is 3.85. The monoisotopic (exact) mass is 270 g/mol. The van der Waals surface area contributed by atoms with Crippen LogP contribution in [0, 0.1) is 0 Å². The van der Waals surface area contributed by atoms with E-state index in [0.717, 1.165) is 30.4 Å². The van der Waals surface area contributed by atoms with Crippen molar-refractivity contribution in [2.24, 2.45) is 5.73 Å². The van der Waals surface area contributed by atoms with E-state index in [2.05, 4.69) is 10.2 Å². The van der Waals surface area contributed by atoms with Gasteiger partial charge in [0.25, 0.3) is 0 Å². The number of hydrogen-bond acceptors (Lipinski definition) is 5. The Bertz CT molecular complexity index is 470. The average molecular weight is 270 g/mol. The number of carbonyl (C=O) groups excluding carboxylic acids is 1. The van der Waals surface area contributed by atoms with Gasteiger partial charge in [0.1, 0.15) is 5.82 Å². The Hall–Kier alpha value is -1.57. The highest BCUT2D eigenvalue weighted by atomic mass is 32.2. The number of rotatable bonds is 7. The molecule has 1 amide bonds. The molecule has 1 aromatic heterocycles. The minimum atomic E-state index is -0.905. The van der Waals surface area contributed by atoms with Crippen molar-refractivity contribution in [3.8, 4) is 0 Å². The summed E-state index contributed by atoms with van der Waals surface area (Å²) in [6.07, 6.45) is 2.34. The van der Waals surface area contributed by atoms with Crippen LogP contribution in [-0.2, 0) is 16.1 Å². The van der Waals surface area contributed by atoms with Crippen molar-refractivity contribution < 1.29 is 14.7 Å². The van der Waals surface area contributed by atoms with Crippen LogP contribution < -0.4 is 5.73 Å². The number of carboxylic acids is 1. The summed E-state index contributed by atoms with van der Waals surface area (Å²) in [6, 6.07) is 0. The topological polar surface area (TPSA) is 111 Å². The summed E-state index contributed by atoms with van der Waals surface area (Å²) in [5.41, 5.74) is 5.13. The van der Waals surface area contributed by atoms with Gasteiger partial charge in [-0.05, 0) is 12.8 Å². The molecule has 0 aromatic carbocycles. The largest absolute Gasteiger partial charge is 0.481 e. The lowest BCUT2D eigenvalue weighted by molar-refractivity contribution is -0.134. The van der Waals surface area contributed by atoms with E-state index in [1.807, 2.05) is 4.57 Å². The van der Waals surface area contributed by atoms with Crippen LogP contribution >= 0.6 is 11.8 Å². The van der Waals surface area contributed by atoms with Crippen molar-refractivity contribution >= 4 is 23.6 Å². The summed E-state index contributed by atoms with van der Waals surface area (Å²) >= 11 is 1.11. The Balaban J connectivity index is 2.11. The molecule has 1 aliphatic carbocycles. The summed E-state index contributed by atoms with van der Waals surface area (Å²) < 4.78 is 1.82. The molecule has 18 heavy (non-hydrogen) atoms. The van der Waals surface area contributed by atoms with E-state index in [1.165, 1.54) is 0 Å². The Morgan fingerprint density at radius 1 is 1.44 bits per heavy atom. The molecule has 0 unspecified atom stereocenters. The highest BCUT2D eigenvalue weighted by molar-refractivity contribution is 7.99. The molecule has 0 aliphatic heterocycles. The van der Waals surface area contributed by atoms with Gasteiger partial charge >= 0.3 is 5.97 Å². The molecular weight excluding hydrogens is 256 g/mol. The summed E-state index contributed by atoms with van der Waals surface area (Å²) in [5, 5.41) is 17.3. The number of nitrogens with two attached hydrogens (primary N) is 1. The minimum Gasteiger partial charge on any atom is -0.481 e. The normalized spacial score (nSPS) is 14.7. The van der Waals surface area contributed by atoms with Crippen LogP contribution in [0.2, 0.25) is 0 Å². The fourth-order valence-corrected chi connectivity index (χ4v) is 2.30. The van der Waals surface area contributed by atoms with Crippen molar-refractivity contribution in [1.29, 1.82) is 0 Å². The molecule has 1 heterocycles. The first-order valence-corrected chi connectivity index (χ1v) is 6.62. The highest BCUT2D eigenvalue weighted by Gasteiger charge is 2.30. The van der Waals surface area contributed by atoms with Crippen LogP contribution in [0.1, 0.15) is 31.0 Å².